The first-order chi connectivity index (χ1) is 13.6. The van der Waals surface area contributed by atoms with Gasteiger partial charge in [-0.15, -0.1) is 0 Å². The standard InChI is InChI=1S/C21H20N2O5/c1-14(19-13-16-4-2-3-5-18(16)28-19)12-20(24)22-10-11-27-17-8-6-15(7-9-17)21(25)23-26/h2-9,12-13,26H,10-11H2,1H3,(H,22,24)(H,23,25). The largest absolute Gasteiger partial charge is 0.492 e. The van der Waals surface area contributed by atoms with Crippen LogP contribution in [-0.4, -0.2) is 30.2 Å². The lowest BCUT2D eigenvalue weighted by Crippen LogP contribution is -2.26. The second-order valence-electron chi connectivity index (χ2n) is 6.08. The molecule has 3 rings (SSSR count). The molecule has 3 aromatic rings. The molecule has 7 heteroatoms. The maximum atomic E-state index is 12.1. The predicted molar refractivity (Wildman–Crippen MR) is 104 cm³/mol. The number of carbonyl (C=O) groups excluding carboxylic acids is 2. The van der Waals surface area contributed by atoms with E-state index in [1.54, 1.807) is 17.6 Å². The maximum absolute atomic E-state index is 12.1. The smallest absolute Gasteiger partial charge is 0.274 e. The molecule has 0 aliphatic rings. The number of hydroxylamine groups is 1. The molecule has 28 heavy (non-hydrogen) atoms. The van der Waals surface area contributed by atoms with Crippen LogP contribution in [0.3, 0.4) is 0 Å². The highest BCUT2D eigenvalue weighted by molar-refractivity contribution is 5.95. The third kappa shape index (κ3) is 4.77. The zero-order chi connectivity index (χ0) is 19.9. The molecule has 1 heterocycles. The molecule has 0 radical (unpaired) electrons. The average Bonchev–Trinajstić information content (AvgIpc) is 3.15. The zero-order valence-corrected chi connectivity index (χ0v) is 15.3. The number of furan rings is 1. The summed E-state index contributed by atoms with van der Waals surface area (Å²) in [5.74, 6) is 0.374. The number of nitrogens with one attached hydrogen (secondary N) is 2. The monoisotopic (exact) mass is 380 g/mol. The van der Waals surface area contributed by atoms with Gasteiger partial charge in [-0.1, -0.05) is 18.2 Å². The summed E-state index contributed by atoms with van der Waals surface area (Å²) in [6.45, 7) is 2.41. The fourth-order valence-corrected chi connectivity index (χ4v) is 2.61. The molecule has 3 N–H and O–H groups in total. The lowest BCUT2D eigenvalue weighted by atomic mass is 10.2. The summed E-state index contributed by atoms with van der Waals surface area (Å²) in [6, 6.07) is 15.8. The summed E-state index contributed by atoms with van der Waals surface area (Å²) in [5.41, 5.74) is 3.38. The molecule has 7 nitrogen and oxygen atoms in total. The molecule has 2 aromatic carbocycles. The molecule has 0 aliphatic heterocycles. The van der Waals surface area contributed by atoms with Gasteiger partial charge in [0.15, 0.2) is 0 Å². The van der Waals surface area contributed by atoms with Gasteiger partial charge in [-0.25, -0.2) is 5.48 Å². The number of carbonyl (C=O) groups is 2. The first kappa shape index (κ1) is 19.2. The van der Waals surface area contributed by atoms with Crippen LogP contribution in [0, 0.1) is 0 Å². The molecule has 0 fully saturated rings. The van der Waals surface area contributed by atoms with E-state index in [2.05, 4.69) is 5.32 Å². The van der Waals surface area contributed by atoms with E-state index in [-0.39, 0.29) is 12.5 Å². The van der Waals surface area contributed by atoms with Gasteiger partial charge in [0, 0.05) is 17.0 Å². The van der Waals surface area contributed by atoms with Gasteiger partial charge >= 0.3 is 0 Å². The molecule has 0 unspecified atom stereocenters. The van der Waals surface area contributed by atoms with Crippen molar-refractivity contribution in [1.82, 2.24) is 10.8 Å². The highest BCUT2D eigenvalue weighted by Gasteiger charge is 2.07. The molecule has 1 aromatic heterocycles. The van der Waals surface area contributed by atoms with Crippen LogP contribution < -0.4 is 15.5 Å². The van der Waals surface area contributed by atoms with Gasteiger partial charge in [0.1, 0.15) is 23.7 Å². The Labute approximate surface area is 161 Å². The van der Waals surface area contributed by atoms with E-state index in [0.717, 1.165) is 16.5 Å². The van der Waals surface area contributed by atoms with Crippen molar-refractivity contribution >= 4 is 28.4 Å². The summed E-state index contributed by atoms with van der Waals surface area (Å²) < 4.78 is 11.2. The van der Waals surface area contributed by atoms with Gasteiger partial charge < -0.3 is 14.5 Å². The molecular formula is C21H20N2O5. The highest BCUT2D eigenvalue weighted by Crippen LogP contribution is 2.24. The summed E-state index contributed by atoms with van der Waals surface area (Å²) in [7, 11) is 0. The lowest BCUT2D eigenvalue weighted by Gasteiger charge is -2.07. The quantitative estimate of drug-likeness (QED) is 0.253. The Morgan fingerprint density at radius 2 is 1.89 bits per heavy atom. The molecule has 0 spiro atoms. The SMILES string of the molecule is CC(=CC(=O)NCCOc1ccc(C(=O)NO)cc1)c1cc2ccccc2o1. The van der Waals surface area contributed by atoms with Crippen molar-refractivity contribution in [1.29, 1.82) is 0 Å². The summed E-state index contributed by atoms with van der Waals surface area (Å²) in [5, 5.41) is 12.3. The minimum absolute atomic E-state index is 0.239. The number of para-hydroxylation sites is 1. The van der Waals surface area contributed by atoms with Gasteiger partial charge in [0.2, 0.25) is 5.91 Å². The van der Waals surface area contributed by atoms with Gasteiger partial charge in [0.05, 0.1) is 6.54 Å². The van der Waals surface area contributed by atoms with Gasteiger partial charge in [-0.05, 0) is 48.9 Å². The van der Waals surface area contributed by atoms with E-state index in [1.165, 1.54) is 18.2 Å². The first-order valence-corrected chi connectivity index (χ1v) is 8.69. The second kappa shape index (κ2) is 8.88. The zero-order valence-electron chi connectivity index (χ0n) is 15.3. The normalized spacial score (nSPS) is 11.3. The molecule has 144 valence electrons. The molecule has 0 saturated heterocycles. The van der Waals surface area contributed by atoms with E-state index >= 15 is 0 Å². The number of allylic oxidation sites excluding steroid dienone is 1. The fraction of sp³-hybridized carbons (Fsp3) is 0.143. The van der Waals surface area contributed by atoms with Crippen LogP contribution in [0.1, 0.15) is 23.0 Å². The van der Waals surface area contributed by atoms with E-state index in [0.29, 0.717) is 23.6 Å². The van der Waals surface area contributed by atoms with Crippen molar-refractivity contribution < 1.29 is 24.0 Å². The van der Waals surface area contributed by atoms with Gasteiger partial charge in [0.25, 0.3) is 5.91 Å². The van der Waals surface area contributed by atoms with Crippen molar-refractivity contribution in [2.45, 2.75) is 6.92 Å². The Kier molecular flexibility index (Phi) is 6.08. The van der Waals surface area contributed by atoms with Crippen molar-refractivity contribution in [2.75, 3.05) is 13.2 Å². The Hall–Kier alpha value is -3.58. The van der Waals surface area contributed by atoms with Crippen molar-refractivity contribution in [2.24, 2.45) is 0 Å². The van der Waals surface area contributed by atoms with Gasteiger partial charge in [-0.3, -0.25) is 14.8 Å². The Balaban J connectivity index is 1.47. The molecular weight excluding hydrogens is 360 g/mol. The molecule has 2 amide bonds. The third-order valence-electron chi connectivity index (χ3n) is 4.05. The minimum atomic E-state index is -0.592. The number of hydrogen-bond donors (Lipinski definition) is 3. The second-order valence-corrected chi connectivity index (χ2v) is 6.08. The van der Waals surface area contributed by atoms with Crippen LogP contribution in [0.25, 0.3) is 16.5 Å². The van der Waals surface area contributed by atoms with Crippen LogP contribution in [0.15, 0.2) is 65.1 Å². The van der Waals surface area contributed by atoms with Crippen molar-refractivity contribution in [3.63, 3.8) is 0 Å². The molecule has 0 atom stereocenters. The maximum Gasteiger partial charge on any atom is 0.274 e. The van der Waals surface area contributed by atoms with Crippen LogP contribution in [-0.2, 0) is 4.79 Å². The number of hydrogen-bond acceptors (Lipinski definition) is 5. The Bertz CT molecular complexity index is 972. The van der Waals surface area contributed by atoms with E-state index in [4.69, 9.17) is 14.4 Å². The number of benzene rings is 2. The summed E-state index contributed by atoms with van der Waals surface area (Å²) in [6.07, 6.45) is 1.49. The molecule has 0 bridgehead atoms. The Morgan fingerprint density at radius 3 is 2.61 bits per heavy atom. The third-order valence-corrected chi connectivity index (χ3v) is 4.05. The van der Waals surface area contributed by atoms with Crippen molar-refractivity contribution in [3.05, 3.63) is 72.0 Å². The highest BCUT2D eigenvalue weighted by atomic mass is 16.5. The van der Waals surface area contributed by atoms with Crippen LogP contribution >= 0.6 is 0 Å². The first-order valence-electron chi connectivity index (χ1n) is 8.69. The number of fused-ring (bicyclic) bond motifs is 1. The average molecular weight is 380 g/mol. The van der Waals surface area contributed by atoms with E-state index in [9.17, 15) is 9.59 Å². The number of ether oxygens (including phenoxy) is 1. The molecule has 0 saturated carbocycles. The Morgan fingerprint density at radius 1 is 1.14 bits per heavy atom. The van der Waals surface area contributed by atoms with E-state index < -0.39 is 5.91 Å². The van der Waals surface area contributed by atoms with Crippen LogP contribution in [0.5, 0.6) is 5.75 Å². The summed E-state index contributed by atoms with van der Waals surface area (Å²) in [4.78, 5) is 23.3. The topological polar surface area (TPSA) is 101 Å². The number of amides is 2. The lowest BCUT2D eigenvalue weighted by molar-refractivity contribution is -0.116. The molecule has 0 aliphatic carbocycles. The number of rotatable bonds is 7. The fourth-order valence-electron chi connectivity index (χ4n) is 2.61. The van der Waals surface area contributed by atoms with Crippen LogP contribution in [0.2, 0.25) is 0 Å². The summed E-state index contributed by atoms with van der Waals surface area (Å²) >= 11 is 0. The minimum Gasteiger partial charge on any atom is -0.492 e. The predicted octanol–water partition coefficient (Wildman–Crippen LogP) is 3.15. The van der Waals surface area contributed by atoms with E-state index in [1.807, 2.05) is 37.3 Å². The van der Waals surface area contributed by atoms with Crippen molar-refractivity contribution in [3.8, 4) is 5.75 Å². The van der Waals surface area contributed by atoms with Crippen LogP contribution in [0.4, 0.5) is 0 Å². The van der Waals surface area contributed by atoms with Gasteiger partial charge in [-0.2, -0.15) is 0 Å².